The smallest absolute Gasteiger partial charge is 0.351 e. The molecule has 0 fully saturated rings. The minimum atomic E-state index is -3.41. The molecule has 0 aliphatic rings. The van der Waals surface area contributed by atoms with Crippen LogP contribution in [0.4, 0.5) is 8.78 Å². The number of halogens is 2. The number of rotatable bonds is 5. The molecule has 4 aromatic rings. The van der Waals surface area contributed by atoms with Gasteiger partial charge in [0.1, 0.15) is 5.52 Å². The van der Waals surface area contributed by atoms with E-state index >= 15 is 8.78 Å². The molecule has 5 heteroatoms. The molecule has 0 aliphatic heterocycles. The van der Waals surface area contributed by atoms with Gasteiger partial charge < -0.3 is 9.15 Å². The molecular formula is C22H17F2NO2. The van der Waals surface area contributed by atoms with Crippen LogP contribution in [0.15, 0.2) is 83.3 Å². The van der Waals surface area contributed by atoms with Crippen molar-refractivity contribution < 1.29 is 17.9 Å². The molecule has 4 rings (SSSR count). The summed E-state index contributed by atoms with van der Waals surface area (Å²) in [5, 5.41) is 0. The third-order valence-corrected chi connectivity index (χ3v) is 4.46. The summed E-state index contributed by atoms with van der Waals surface area (Å²) in [7, 11) is 1.26. The van der Waals surface area contributed by atoms with Gasteiger partial charge in [-0.1, -0.05) is 66.7 Å². The van der Waals surface area contributed by atoms with Crippen LogP contribution in [-0.2, 0) is 10.7 Å². The van der Waals surface area contributed by atoms with E-state index in [1.807, 2.05) is 30.3 Å². The molecule has 0 N–H and O–H groups in total. The van der Waals surface area contributed by atoms with E-state index in [0.29, 0.717) is 16.7 Å². The number of fused-ring (bicyclic) bond motifs is 1. The molecule has 1 atom stereocenters. The Hall–Kier alpha value is -3.05. The molecule has 0 saturated heterocycles. The Morgan fingerprint density at radius 1 is 0.852 bits per heavy atom. The molecule has 136 valence electrons. The summed E-state index contributed by atoms with van der Waals surface area (Å²) < 4.78 is 40.6. The monoisotopic (exact) mass is 365 g/mol. The van der Waals surface area contributed by atoms with Gasteiger partial charge in [0.05, 0.1) is 0 Å². The fourth-order valence-electron chi connectivity index (χ4n) is 3.10. The van der Waals surface area contributed by atoms with Crippen LogP contribution >= 0.6 is 0 Å². The van der Waals surface area contributed by atoms with E-state index in [0.717, 1.165) is 11.1 Å². The van der Waals surface area contributed by atoms with Crippen LogP contribution in [0.3, 0.4) is 0 Å². The first kappa shape index (κ1) is 17.4. The molecule has 1 aromatic heterocycles. The van der Waals surface area contributed by atoms with E-state index in [2.05, 4.69) is 4.98 Å². The molecule has 0 amide bonds. The van der Waals surface area contributed by atoms with E-state index in [9.17, 15) is 0 Å². The zero-order valence-electron chi connectivity index (χ0n) is 14.6. The quantitative estimate of drug-likeness (QED) is 0.437. The molecule has 3 aromatic carbocycles. The molecule has 0 saturated carbocycles. The number of nitrogens with zero attached hydrogens (tertiary/aromatic N) is 1. The second-order valence-corrected chi connectivity index (χ2v) is 6.21. The molecule has 27 heavy (non-hydrogen) atoms. The van der Waals surface area contributed by atoms with E-state index in [1.165, 1.54) is 7.11 Å². The number of oxazole rings is 1. The van der Waals surface area contributed by atoms with Gasteiger partial charge in [-0.15, -0.1) is 0 Å². The Labute approximate surface area is 155 Å². The minimum Gasteiger partial charge on any atom is -0.435 e. The largest absolute Gasteiger partial charge is 0.435 e. The maximum Gasteiger partial charge on any atom is 0.351 e. The molecule has 0 aliphatic carbocycles. The number of ether oxygens (including phenoxy) is 1. The van der Waals surface area contributed by atoms with E-state index in [1.54, 1.807) is 48.5 Å². The molecule has 1 heterocycles. The Morgan fingerprint density at radius 2 is 1.48 bits per heavy atom. The fraction of sp³-hybridized carbons (Fsp3) is 0.136. The molecule has 0 radical (unpaired) electrons. The Kier molecular flexibility index (Phi) is 4.46. The van der Waals surface area contributed by atoms with Crippen molar-refractivity contribution in [2.75, 3.05) is 7.11 Å². The van der Waals surface area contributed by atoms with Crippen molar-refractivity contribution in [3.05, 3.63) is 90.3 Å². The molecule has 3 nitrogen and oxygen atoms in total. The fourth-order valence-corrected chi connectivity index (χ4v) is 3.10. The van der Waals surface area contributed by atoms with Crippen LogP contribution in [0, 0.1) is 0 Å². The molecular weight excluding hydrogens is 348 g/mol. The predicted octanol–water partition coefficient (Wildman–Crippen LogP) is 5.97. The van der Waals surface area contributed by atoms with Crippen LogP contribution in [-0.4, -0.2) is 12.1 Å². The first-order valence-corrected chi connectivity index (χ1v) is 8.51. The van der Waals surface area contributed by atoms with E-state index in [4.69, 9.17) is 9.15 Å². The first-order valence-electron chi connectivity index (χ1n) is 8.51. The van der Waals surface area contributed by atoms with Crippen LogP contribution in [0.25, 0.3) is 22.2 Å². The van der Waals surface area contributed by atoms with Crippen molar-refractivity contribution in [3.8, 4) is 11.1 Å². The lowest BCUT2D eigenvalue weighted by Crippen LogP contribution is -2.26. The summed E-state index contributed by atoms with van der Waals surface area (Å²) in [5.74, 6) is -4.06. The summed E-state index contributed by atoms with van der Waals surface area (Å²) in [4.78, 5) is 3.95. The van der Waals surface area contributed by atoms with Gasteiger partial charge in [-0.25, -0.2) is 4.98 Å². The van der Waals surface area contributed by atoms with Crippen LogP contribution in [0.1, 0.15) is 17.6 Å². The van der Waals surface area contributed by atoms with Crippen LogP contribution in [0.2, 0.25) is 0 Å². The maximum absolute atomic E-state index is 15.1. The third kappa shape index (κ3) is 3.22. The molecule has 1 unspecified atom stereocenters. The lowest BCUT2D eigenvalue weighted by Gasteiger charge is -2.23. The zero-order valence-corrected chi connectivity index (χ0v) is 14.6. The zero-order chi connectivity index (χ0) is 18.9. The van der Waals surface area contributed by atoms with Gasteiger partial charge in [0.15, 0.2) is 11.7 Å². The van der Waals surface area contributed by atoms with Gasteiger partial charge in [-0.3, -0.25) is 0 Å². The predicted molar refractivity (Wildman–Crippen MR) is 99.5 cm³/mol. The number of aromatic nitrogens is 1. The highest BCUT2D eigenvalue weighted by molar-refractivity contribution is 5.72. The summed E-state index contributed by atoms with van der Waals surface area (Å²) in [5.41, 5.74) is 3.02. The van der Waals surface area contributed by atoms with Crippen molar-refractivity contribution in [1.82, 2.24) is 4.98 Å². The average molecular weight is 365 g/mol. The second kappa shape index (κ2) is 6.93. The van der Waals surface area contributed by atoms with Crippen molar-refractivity contribution in [2.24, 2.45) is 0 Å². The number of alkyl halides is 2. The summed E-state index contributed by atoms with van der Waals surface area (Å²) in [6, 6.07) is 23.3. The van der Waals surface area contributed by atoms with Gasteiger partial charge in [0.2, 0.25) is 0 Å². The molecule has 0 spiro atoms. The topological polar surface area (TPSA) is 35.3 Å². The lowest BCUT2D eigenvalue weighted by atomic mass is 9.99. The normalized spacial score (nSPS) is 13.0. The number of benzene rings is 3. The SMILES string of the molecule is COC(c1ccc(-c2ccccc2)cc1)C(F)(F)c1nc2ccccc2o1. The van der Waals surface area contributed by atoms with Gasteiger partial charge in [-0.05, 0) is 28.8 Å². The van der Waals surface area contributed by atoms with Crippen molar-refractivity contribution in [2.45, 2.75) is 12.0 Å². The van der Waals surface area contributed by atoms with Crippen molar-refractivity contribution >= 4 is 11.1 Å². The third-order valence-electron chi connectivity index (χ3n) is 4.46. The first-order chi connectivity index (χ1) is 13.1. The van der Waals surface area contributed by atoms with Gasteiger partial charge in [-0.2, -0.15) is 8.78 Å². The van der Waals surface area contributed by atoms with Crippen molar-refractivity contribution in [1.29, 1.82) is 0 Å². The lowest BCUT2D eigenvalue weighted by molar-refractivity contribution is -0.148. The Balaban J connectivity index is 1.68. The minimum absolute atomic E-state index is 0.321. The summed E-state index contributed by atoms with van der Waals surface area (Å²) in [6.07, 6.45) is -1.50. The summed E-state index contributed by atoms with van der Waals surface area (Å²) >= 11 is 0. The van der Waals surface area contributed by atoms with Gasteiger partial charge in [0, 0.05) is 7.11 Å². The van der Waals surface area contributed by atoms with Gasteiger partial charge in [0.25, 0.3) is 5.89 Å². The second-order valence-electron chi connectivity index (χ2n) is 6.21. The van der Waals surface area contributed by atoms with E-state index < -0.39 is 17.9 Å². The maximum atomic E-state index is 15.1. The Bertz CT molecular complexity index is 1010. The highest BCUT2D eigenvalue weighted by atomic mass is 19.3. The number of hydrogen-bond donors (Lipinski definition) is 0. The Morgan fingerprint density at radius 3 is 2.15 bits per heavy atom. The van der Waals surface area contributed by atoms with Crippen molar-refractivity contribution in [3.63, 3.8) is 0 Å². The standard InChI is InChI=1S/C22H17F2NO2/c1-26-20(17-13-11-16(12-14-17)15-7-3-2-4-8-15)22(23,24)21-25-18-9-5-6-10-19(18)27-21/h2-14,20H,1H3. The average Bonchev–Trinajstić information content (AvgIpc) is 3.15. The number of para-hydroxylation sites is 2. The number of methoxy groups -OCH3 is 1. The highest BCUT2D eigenvalue weighted by Crippen LogP contribution is 2.43. The number of hydrogen-bond acceptors (Lipinski definition) is 3. The van der Waals surface area contributed by atoms with Crippen LogP contribution in [0.5, 0.6) is 0 Å². The molecule has 0 bridgehead atoms. The van der Waals surface area contributed by atoms with E-state index in [-0.39, 0.29) is 0 Å². The van der Waals surface area contributed by atoms with Gasteiger partial charge >= 0.3 is 5.92 Å². The summed E-state index contributed by atoms with van der Waals surface area (Å²) in [6.45, 7) is 0. The van der Waals surface area contributed by atoms with Crippen LogP contribution < -0.4 is 0 Å². The highest BCUT2D eigenvalue weighted by Gasteiger charge is 2.47.